The van der Waals surface area contributed by atoms with Gasteiger partial charge in [0.2, 0.25) is 0 Å². The Bertz CT molecular complexity index is 498. The average Bonchev–Trinajstić information content (AvgIpc) is 2.79. The molecule has 1 aliphatic heterocycles. The topological polar surface area (TPSA) is 57.7 Å². The van der Waals surface area contributed by atoms with Crippen LogP contribution < -0.4 is 5.32 Å². The van der Waals surface area contributed by atoms with Crippen molar-refractivity contribution in [3.05, 3.63) is 30.1 Å². The number of carbonyl (C=O) groups is 1. The first-order chi connectivity index (χ1) is 10.7. The van der Waals surface area contributed by atoms with Crippen LogP contribution in [0.15, 0.2) is 24.5 Å². The summed E-state index contributed by atoms with van der Waals surface area (Å²) in [7, 11) is 1.37. The number of thiocarbonyl (C=S) groups is 1. The third-order valence-electron chi connectivity index (χ3n) is 3.64. The van der Waals surface area contributed by atoms with Crippen molar-refractivity contribution in [1.82, 2.24) is 20.1 Å². The molecule has 1 saturated heterocycles. The highest BCUT2D eigenvalue weighted by Crippen LogP contribution is 2.08. The van der Waals surface area contributed by atoms with E-state index in [0.717, 1.165) is 39.1 Å². The van der Waals surface area contributed by atoms with E-state index in [1.165, 1.54) is 12.7 Å². The number of hydrogen-bond donors (Lipinski definition) is 1. The minimum absolute atomic E-state index is 0.118. The Labute approximate surface area is 136 Å². The third-order valence-corrected chi connectivity index (χ3v) is 4.05. The number of rotatable bonds is 4. The molecule has 0 aliphatic carbocycles. The summed E-state index contributed by atoms with van der Waals surface area (Å²) >= 11 is 5.35. The lowest BCUT2D eigenvalue weighted by atomic mass is 10.2. The van der Waals surface area contributed by atoms with Crippen molar-refractivity contribution in [3.63, 3.8) is 0 Å². The molecule has 0 spiro atoms. The molecule has 6 nitrogen and oxygen atoms in total. The van der Waals surface area contributed by atoms with Gasteiger partial charge in [0.05, 0.1) is 7.11 Å². The molecule has 120 valence electrons. The van der Waals surface area contributed by atoms with Crippen LogP contribution >= 0.6 is 12.2 Å². The molecule has 7 heteroatoms. The van der Waals surface area contributed by atoms with E-state index in [1.807, 2.05) is 24.5 Å². The first kappa shape index (κ1) is 16.6. The summed E-state index contributed by atoms with van der Waals surface area (Å²) < 4.78 is 4.60. The molecule has 0 atom stereocenters. The molecular formula is C15H22N4O2S. The summed E-state index contributed by atoms with van der Waals surface area (Å²) in [5.74, 6) is -0.309. The molecule has 1 fully saturated rings. The molecule has 0 saturated carbocycles. The van der Waals surface area contributed by atoms with Crippen LogP contribution in [-0.2, 0) is 16.1 Å². The maximum absolute atomic E-state index is 11.1. The molecule has 2 rings (SSSR count). The second-order valence-corrected chi connectivity index (χ2v) is 5.59. The van der Waals surface area contributed by atoms with Crippen LogP contribution in [0.4, 0.5) is 0 Å². The molecule has 1 aromatic rings. The maximum Gasteiger partial charge on any atom is 0.325 e. The Morgan fingerprint density at radius 1 is 1.32 bits per heavy atom. The van der Waals surface area contributed by atoms with Crippen LogP contribution in [-0.4, -0.2) is 65.7 Å². The van der Waals surface area contributed by atoms with Crippen molar-refractivity contribution in [3.8, 4) is 0 Å². The lowest BCUT2D eigenvalue weighted by molar-refractivity contribution is -0.139. The van der Waals surface area contributed by atoms with Crippen molar-refractivity contribution in [1.29, 1.82) is 0 Å². The molecule has 22 heavy (non-hydrogen) atoms. The first-order valence-corrected chi connectivity index (χ1v) is 7.80. The quantitative estimate of drug-likeness (QED) is 0.645. The highest BCUT2D eigenvalue weighted by atomic mass is 32.1. The number of methoxy groups -OCH3 is 1. The second kappa shape index (κ2) is 8.65. The lowest BCUT2D eigenvalue weighted by Crippen LogP contribution is -2.43. The van der Waals surface area contributed by atoms with Gasteiger partial charge < -0.3 is 15.0 Å². The molecule has 2 heterocycles. The number of nitrogens with one attached hydrogen (secondary N) is 1. The normalized spacial score (nSPS) is 16.0. The highest BCUT2D eigenvalue weighted by Gasteiger charge is 2.17. The van der Waals surface area contributed by atoms with Crippen LogP contribution in [0.2, 0.25) is 0 Å². The number of esters is 1. The zero-order valence-electron chi connectivity index (χ0n) is 12.8. The number of hydrogen-bond acceptors (Lipinski definition) is 5. The van der Waals surface area contributed by atoms with Gasteiger partial charge in [0.1, 0.15) is 6.54 Å². The second-order valence-electron chi connectivity index (χ2n) is 5.21. The monoisotopic (exact) mass is 322 g/mol. The molecule has 0 radical (unpaired) electrons. The van der Waals surface area contributed by atoms with Gasteiger partial charge in [-0.15, -0.1) is 0 Å². The van der Waals surface area contributed by atoms with E-state index in [0.29, 0.717) is 5.11 Å². The fourth-order valence-corrected chi connectivity index (χ4v) is 2.67. The highest BCUT2D eigenvalue weighted by molar-refractivity contribution is 7.80. The predicted octanol–water partition coefficient (Wildman–Crippen LogP) is 0.637. The summed E-state index contributed by atoms with van der Waals surface area (Å²) in [6, 6.07) is 4.09. The van der Waals surface area contributed by atoms with E-state index in [1.54, 1.807) is 0 Å². The zero-order chi connectivity index (χ0) is 15.8. The van der Waals surface area contributed by atoms with Gasteiger partial charge in [0.15, 0.2) is 5.11 Å². The molecule has 0 bridgehead atoms. The Balaban J connectivity index is 1.79. The number of carbonyl (C=O) groups excluding carboxylic acids is 1. The van der Waals surface area contributed by atoms with Gasteiger partial charge in [0, 0.05) is 45.1 Å². The third kappa shape index (κ3) is 5.23. The largest absolute Gasteiger partial charge is 0.468 e. The minimum atomic E-state index is -0.309. The van der Waals surface area contributed by atoms with E-state index in [9.17, 15) is 4.79 Å². The van der Waals surface area contributed by atoms with E-state index in [4.69, 9.17) is 12.2 Å². The number of aromatic nitrogens is 1. The van der Waals surface area contributed by atoms with Crippen LogP contribution in [0.1, 0.15) is 12.0 Å². The van der Waals surface area contributed by atoms with Crippen LogP contribution in [0.3, 0.4) is 0 Å². The SMILES string of the molecule is COC(=O)CNC(=S)N1CCCN(Cc2ccncc2)CC1. The van der Waals surface area contributed by atoms with Crippen molar-refractivity contribution >= 4 is 23.3 Å². The molecule has 0 amide bonds. The standard InChI is InChI=1S/C15H22N4O2S/c1-21-14(20)11-17-15(22)19-8-2-7-18(9-10-19)12-13-3-5-16-6-4-13/h3-6H,2,7-12H2,1H3,(H,17,22). The maximum atomic E-state index is 11.1. The molecule has 0 unspecified atom stereocenters. The smallest absolute Gasteiger partial charge is 0.325 e. The summed E-state index contributed by atoms with van der Waals surface area (Å²) in [6.07, 6.45) is 4.70. The number of ether oxygens (including phenoxy) is 1. The summed E-state index contributed by atoms with van der Waals surface area (Å²) in [4.78, 5) is 19.7. The van der Waals surface area contributed by atoms with Gasteiger partial charge >= 0.3 is 5.97 Å². The molecule has 0 aromatic carbocycles. The Kier molecular flexibility index (Phi) is 6.54. The predicted molar refractivity (Wildman–Crippen MR) is 88.3 cm³/mol. The van der Waals surface area contributed by atoms with Crippen molar-refractivity contribution < 1.29 is 9.53 Å². The summed E-state index contributed by atoms with van der Waals surface area (Å²) in [5.41, 5.74) is 1.27. The van der Waals surface area contributed by atoms with E-state index >= 15 is 0 Å². The van der Waals surface area contributed by atoms with Gasteiger partial charge in [-0.3, -0.25) is 14.7 Å². The van der Waals surface area contributed by atoms with E-state index < -0.39 is 0 Å². The Morgan fingerprint density at radius 3 is 2.82 bits per heavy atom. The fourth-order valence-electron chi connectivity index (χ4n) is 2.41. The Morgan fingerprint density at radius 2 is 2.09 bits per heavy atom. The minimum Gasteiger partial charge on any atom is -0.468 e. The summed E-state index contributed by atoms with van der Waals surface area (Å²) in [6.45, 7) is 4.80. The zero-order valence-corrected chi connectivity index (χ0v) is 13.6. The van der Waals surface area contributed by atoms with Crippen LogP contribution in [0.5, 0.6) is 0 Å². The molecule has 1 aliphatic rings. The summed E-state index contributed by atoms with van der Waals surface area (Å²) in [5, 5.41) is 3.57. The average molecular weight is 322 g/mol. The van der Waals surface area contributed by atoms with Crippen molar-refractivity contribution in [2.45, 2.75) is 13.0 Å². The van der Waals surface area contributed by atoms with Gasteiger partial charge in [-0.05, 0) is 36.3 Å². The number of pyridine rings is 1. The van der Waals surface area contributed by atoms with Gasteiger partial charge in [-0.25, -0.2) is 0 Å². The van der Waals surface area contributed by atoms with Crippen molar-refractivity contribution in [2.75, 3.05) is 39.8 Å². The lowest BCUT2D eigenvalue weighted by Gasteiger charge is -2.24. The van der Waals surface area contributed by atoms with Gasteiger partial charge in [-0.2, -0.15) is 0 Å². The van der Waals surface area contributed by atoms with Crippen molar-refractivity contribution in [2.24, 2.45) is 0 Å². The van der Waals surface area contributed by atoms with Gasteiger partial charge in [0.25, 0.3) is 0 Å². The van der Waals surface area contributed by atoms with Gasteiger partial charge in [-0.1, -0.05) is 0 Å². The first-order valence-electron chi connectivity index (χ1n) is 7.40. The molecule has 1 aromatic heterocycles. The molecule has 1 N–H and O–H groups in total. The Hall–Kier alpha value is -1.73. The molecular weight excluding hydrogens is 300 g/mol. The van der Waals surface area contributed by atoms with E-state index in [2.05, 4.69) is 24.8 Å². The van der Waals surface area contributed by atoms with Crippen LogP contribution in [0, 0.1) is 0 Å². The van der Waals surface area contributed by atoms with Crippen LogP contribution in [0.25, 0.3) is 0 Å². The fraction of sp³-hybridized carbons (Fsp3) is 0.533. The number of nitrogens with zero attached hydrogens (tertiary/aromatic N) is 3. The van der Waals surface area contributed by atoms with E-state index in [-0.39, 0.29) is 12.5 Å².